The van der Waals surface area contributed by atoms with E-state index in [0.717, 1.165) is 12.8 Å². The first-order valence-electron chi connectivity index (χ1n) is 13.9. The third-order valence-electron chi connectivity index (χ3n) is 7.62. The molecule has 1 unspecified atom stereocenters. The molecule has 0 saturated heterocycles. The van der Waals surface area contributed by atoms with Gasteiger partial charge in [-0.15, -0.1) is 0 Å². The molecule has 0 spiro atoms. The van der Waals surface area contributed by atoms with Crippen LogP contribution in [0.5, 0.6) is 5.88 Å². The van der Waals surface area contributed by atoms with Crippen molar-refractivity contribution in [2.45, 2.75) is 82.0 Å². The molecule has 3 aromatic heterocycles. The molecule has 2 aliphatic rings. The number of fused-ring (bicyclic) bond motifs is 1. The Morgan fingerprint density at radius 2 is 1.77 bits per heavy atom. The lowest BCUT2D eigenvalue weighted by Crippen LogP contribution is -2.37. The summed E-state index contributed by atoms with van der Waals surface area (Å²) in [6, 6.07) is 0.0791. The van der Waals surface area contributed by atoms with Gasteiger partial charge in [-0.25, -0.2) is 31.7 Å². The van der Waals surface area contributed by atoms with Crippen LogP contribution in [0.25, 0.3) is 5.65 Å². The first-order valence-corrected chi connectivity index (χ1v) is 13.9. The van der Waals surface area contributed by atoms with E-state index in [2.05, 4.69) is 35.7 Å². The van der Waals surface area contributed by atoms with Gasteiger partial charge in [-0.3, -0.25) is 9.59 Å². The Labute approximate surface area is 244 Å². The minimum absolute atomic E-state index is 0.0111. The second-order valence-electron chi connectivity index (χ2n) is 11.0. The number of carbonyl (C=O) groups excluding carboxylic acids is 2. The van der Waals surface area contributed by atoms with Gasteiger partial charge in [-0.2, -0.15) is 18.3 Å². The van der Waals surface area contributed by atoms with Gasteiger partial charge in [0, 0.05) is 19.3 Å². The van der Waals surface area contributed by atoms with Crippen LogP contribution in [0.4, 0.5) is 30.7 Å². The van der Waals surface area contributed by atoms with Crippen molar-refractivity contribution in [3.05, 3.63) is 35.4 Å². The second-order valence-corrected chi connectivity index (χ2v) is 11.0. The van der Waals surface area contributed by atoms with E-state index in [0.29, 0.717) is 5.56 Å². The molecule has 2 aliphatic carbocycles. The largest absolute Gasteiger partial charge is 0.468 e. The van der Waals surface area contributed by atoms with E-state index >= 15 is 0 Å². The van der Waals surface area contributed by atoms with Gasteiger partial charge in [-0.05, 0) is 59.5 Å². The van der Waals surface area contributed by atoms with E-state index in [1.807, 2.05) is 0 Å². The van der Waals surface area contributed by atoms with E-state index in [4.69, 9.17) is 4.74 Å². The zero-order valence-electron chi connectivity index (χ0n) is 23.0. The average molecular weight is 636 g/mol. The third kappa shape index (κ3) is 7.93. The molecule has 3 heterocycles. The molecule has 11 nitrogen and oxygen atoms in total. The van der Waals surface area contributed by atoms with Crippen molar-refractivity contribution in [1.82, 2.24) is 35.5 Å². The molecule has 2 atom stereocenters. The highest BCUT2D eigenvalue weighted by Crippen LogP contribution is 2.43. The lowest BCUT2D eigenvalue weighted by molar-refractivity contribution is -0.144. The number of hydrogen-bond donors (Lipinski definition) is 2. The summed E-state index contributed by atoms with van der Waals surface area (Å²) in [5, 5.41) is 16.4. The predicted octanol–water partition coefficient (Wildman–Crippen LogP) is 4.96. The summed E-state index contributed by atoms with van der Waals surface area (Å²) in [6.45, 7) is -1.07. The molecule has 44 heavy (non-hydrogen) atoms. The fourth-order valence-corrected chi connectivity index (χ4v) is 5.23. The van der Waals surface area contributed by atoms with Gasteiger partial charge in [0.1, 0.15) is 0 Å². The zero-order valence-corrected chi connectivity index (χ0v) is 23.0. The molecule has 0 aromatic carbocycles. The Bertz CT molecular complexity index is 1460. The fraction of sp³-hybridized carbons (Fsp3) is 0.615. The number of imidazole rings is 1. The predicted molar refractivity (Wildman–Crippen MR) is 135 cm³/mol. The SMILES string of the molecule is O=C(CCC(F)(F)F)NC(c1cnn2cc([C@@H](NC(=O)c3nonc3OCC(F)F)C3CCC(F)(F)CC3)nc2c1)C1CC1. The van der Waals surface area contributed by atoms with Crippen LogP contribution in [0, 0.1) is 11.8 Å². The normalized spacial score (nSPS) is 18.7. The maximum absolute atomic E-state index is 14.0. The summed E-state index contributed by atoms with van der Waals surface area (Å²) in [6.07, 6.45) is -5.62. The standard InChI is InChI=1S/C26H28F7N7O4/c27-17(28)12-43-24-22(38-44-39-24)23(42)37-21(14-3-6-25(29,30)7-4-14)16-11-40-18(35-16)9-15(10-34-40)20(13-1-2-13)36-19(41)5-8-26(31,32)33/h9-11,13-14,17,20-21H,1-8,12H2,(H,36,41)(H,37,42)/t20?,21-/m0/s1. The molecule has 18 heteroatoms. The molecule has 2 amide bonds. The quantitative estimate of drug-likeness (QED) is 0.267. The first kappa shape index (κ1) is 31.4. The summed E-state index contributed by atoms with van der Waals surface area (Å²) in [4.78, 5) is 30.0. The molecule has 2 N–H and O–H groups in total. The van der Waals surface area contributed by atoms with E-state index in [9.17, 15) is 40.3 Å². The van der Waals surface area contributed by atoms with Crippen LogP contribution < -0.4 is 15.4 Å². The van der Waals surface area contributed by atoms with Crippen molar-refractivity contribution in [1.29, 1.82) is 0 Å². The van der Waals surface area contributed by atoms with Crippen molar-refractivity contribution in [3.8, 4) is 5.88 Å². The van der Waals surface area contributed by atoms with E-state index in [1.54, 1.807) is 6.07 Å². The number of halogens is 7. The van der Waals surface area contributed by atoms with Crippen LogP contribution >= 0.6 is 0 Å². The van der Waals surface area contributed by atoms with Gasteiger partial charge >= 0.3 is 6.18 Å². The summed E-state index contributed by atoms with van der Waals surface area (Å²) >= 11 is 0. The van der Waals surface area contributed by atoms with Crippen molar-refractivity contribution in [2.24, 2.45) is 11.8 Å². The highest BCUT2D eigenvalue weighted by molar-refractivity contribution is 5.94. The molecule has 240 valence electrons. The van der Waals surface area contributed by atoms with Crippen molar-refractivity contribution >= 4 is 17.5 Å². The monoisotopic (exact) mass is 635 g/mol. The topological polar surface area (TPSA) is 137 Å². The van der Waals surface area contributed by atoms with Crippen LogP contribution in [0.2, 0.25) is 0 Å². The highest BCUT2D eigenvalue weighted by Gasteiger charge is 2.40. The molecule has 2 fully saturated rings. The number of nitrogens with zero attached hydrogens (tertiary/aromatic N) is 5. The molecule has 5 rings (SSSR count). The maximum atomic E-state index is 14.0. The minimum Gasteiger partial charge on any atom is -0.468 e. The van der Waals surface area contributed by atoms with Gasteiger partial charge in [0.15, 0.2) is 12.3 Å². The molecule has 0 bridgehead atoms. The van der Waals surface area contributed by atoms with E-state index in [1.165, 1.54) is 16.9 Å². The van der Waals surface area contributed by atoms with E-state index in [-0.39, 0.29) is 30.1 Å². The van der Waals surface area contributed by atoms with Gasteiger partial charge < -0.3 is 15.4 Å². The average Bonchev–Trinajstić information content (AvgIpc) is 3.52. The number of carbonyl (C=O) groups is 2. The second kappa shape index (κ2) is 12.6. The highest BCUT2D eigenvalue weighted by atomic mass is 19.4. The lowest BCUT2D eigenvalue weighted by atomic mass is 9.81. The Morgan fingerprint density at radius 1 is 1.07 bits per heavy atom. The van der Waals surface area contributed by atoms with Gasteiger partial charge in [0.25, 0.3) is 18.2 Å². The van der Waals surface area contributed by atoms with Crippen molar-refractivity contribution in [3.63, 3.8) is 0 Å². The number of rotatable bonds is 12. The summed E-state index contributed by atoms with van der Waals surface area (Å²) in [5.41, 5.74) is 0.526. The van der Waals surface area contributed by atoms with Gasteiger partial charge in [0.05, 0.1) is 36.6 Å². The zero-order chi connectivity index (χ0) is 31.6. The van der Waals surface area contributed by atoms with Crippen LogP contribution in [0.3, 0.4) is 0 Å². The minimum atomic E-state index is -4.47. The molecule has 2 saturated carbocycles. The maximum Gasteiger partial charge on any atom is 0.389 e. The molecule has 3 aromatic rings. The van der Waals surface area contributed by atoms with Crippen LogP contribution in [-0.2, 0) is 4.79 Å². The summed E-state index contributed by atoms with van der Waals surface area (Å²) in [7, 11) is 0. The number of aromatic nitrogens is 5. The number of hydrogen-bond acceptors (Lipinski definition) is 8. The van der Waals surface area contributed by atoms with Gasteiger partial charge in [-0.1, -0.05) is 0 Å². The lowest BCUT2D eigenvalue weighted by Gasteiger charge is -2.33. The van der Waals surface area contributed by atoms with Crippen molar-refractivity contribution < 1.29 is 49.7 Å². The summed E-state index contributed by atoms with van der Waals surface area (Å²) in [5.74, 6) is -5.59. The number of nitrogens with one attached hydrogen (secondary N) is 2. The fourth-order valence-electron chi connectivity index (χ4n) is 5.23. The molecular formula is C26H28F7N7O4. The first-order chi connectivity index (χ1) is 20.8. The Hall–Kier alpha value is -3.99. The van der Waals surface area contributed by atoms with Crippen LogP contribution in [0.15, 0.2) is 23.1 Å². The molecule has 0 aliphatic heterocycles. The Balaban J connectivity index is 1.39. The van der Waals surface area contributed by atoms with Crippen LogP contribution in [-0.4, -0.2) is 61.9 Å². The number of ether oxygens (including phenoxy) is 1. The smallest absolute Gasteiger partial charge is 0.389 e. The Kier molecular flexibility index (Phi) is 8.97. The van der Waals surface area contributed by atoms with Gasteiger partial charge in [0.2, 0.25) is 17.5 Å². The van der Waals surface area contributed by atoms with Crippen molar-refractivity contribution in [2.75, 3.05) is 6.61 Å². The Morgan fingerprint density at radius 3 is 2.43 bits per heavy atom. The van der Waals surface area contributed by atoms with Crippen LogP contribution in [0.1, 0.15) is 85.2 Å². The van der Waals surface area contributed by atoms with E-state index < -0.39 is 92.2 Å². The third-order valence-corrected chi connectivity index (χ3v) is 7.62. The molecular weight excluding hydrogens is 607 g/mol. The summed E-state index contributed by atoms with van der Waals surface area (Å²) < 4.78 is 102. The number of amides is 2. The molecule has 0 radical (unpaired) electrons. The number of alkyl halides is 7.